The molecule has 3 heteroatoms. The lowest BCUT2D eigenvalue weighted by molar-refractivity contribution is 0.0976. The van der Waals surface area contributed by atoms with E-state index in [1.165, 1.54) is 6.07 Å². The SMILES string of the molecule is CC(C)C(Cc1ccc(F)c(F)c1)C(C)O. The highest BCUT2D eigenvalue weighted by molar-refractivity contribution is 5.18. The van der Waals surface area contributed by atoms with Crippen LogP contribution in [0.4, 0.5) is 8.78 Å². The van der Waals surface area contributed by atoms with Crippen molar-refractivity contribution < 1.29 is 13.9 Å². The Labute approximate surface area is 95.1 Å². The standard InChI is InChI=1S/C13H18F2O/c1-8(2)11(9(3)16)6-10-4-5-12(14)13(15)7-10/h4-5,7-9,11,16H,6H2,1-3H3. The Balaban J connectivity index is 2.81. The fourth-order valence-corrected chi connectivity index (χ4v) is 1.90. The van der Waals surface area contributed by atoms with E-state index < -0.39 is 17.7 Å². The second-order valence-corrected chi connectivity index (χ2v) is 4.60. The first-order valence-electron chi connectivity index (χ1n) is 5.53. The van der Waals surface area contributed by atoms with E-state index in [1.54, 1.807) is 13.0 Å². The third-order valence-electron chi connectivity index (χ3n) is 2.93. The number of aliphatic hydroxyl groups excluding tert-OH is 1. The molecule has 0 aromatic heterocycles. The fraction of sp³-hybridized carbons (Fsp3) is 0.538. The predicted octanol–water partition coefficient (Wildman–Crippen LogP) is 3.16. The van der Waals surface area contributed by atoms with Gasteiger partial charge < -0.3 is 5.11 Å². The molecule has 16 heavy (non-hydrogen) atoms. The van der Waals surface area contributed by atoms with Crippen LogP contribution in [-0.4, -0.2) is 11.2 Å². The lowest BCUT2D eigenvalue weighted by atomic mass is 9.85. The second kappa shape index (κ2) is 5.39. The summed E-state index contributed by atoms with van der Waals surface area (Å²) in [6.45, 7) is 5.75. The van der Waals surface area contributed by atoms with Gasteiger partial charge in [-0.2, -0.15) is 0 Å². The molecule has 0 heterocycles. The molecule has 0 spiro atoms. The Morgan fingerprint density at radius 3 is 2.19 bits per heavy atom. The van der Waals surface area contributed by atoms with Crippen molar-refractivity contribution in [2.45, 2.75) is 33.3 Å². The maximum Gasteiger partial charge on any atom is 0.159 e. The summed E-state index contributed by atoms with van der Waals surface area (Å²) in [4.78, 5) is 0. The molecule has 0 radical (unpaired) electrons. The van der Waals surface area contributed by atoms with Crippen molar-refractivity contribution in [2.75, 3.05) is 0 Å². The van der Waals surface area contributed by atoms with Crippen molar-refractivity contribution in [1.29, 1.82) is 0 Å². The van der Waals surface area contributed by atoms with Gasteiger partial charge in [0, 0.05) is 0 Å². The van der Waals surface area contributed by atoms with E-state index in [9.17, 15) is 13.9 Å². The van der Waals surface area contributed by atoms with E-state index in [1.807, 2.05) is 13.8 Å². The summed E-state index contributed by atoms with van der Waals surface area (Å²) in [6.07, 6.45) is 0.111. The molecule has 0 saturated carbocycles. The van der Waals surface area contributed by atoms with Crippen LogP contribution in [0.2, 0.25) is 0 Å². The van der Waals surface area contributed by atoms with Gasteiger partial charge in [-0.25, -0.2) is 8.78 Å². The van der Waals surface area contributed by atoms with Crippen molar-refractivity contribution in [3.05, 3.63) is 35.4 Å². The monoisotopic (exact) mass is 228 g/mol. The van der Waals surface area contributed by atoms with Crippen LogP contribution in [0.15, 0.2) is 18.2 Å². The van der Waals surface area contributed by atoms with Gasteiger partial charge in [0.05, 0.1) is 6.10 Å². The smallest absolute Gasteiger partial charge is 0.159 e. The molecule has 0 fully saturated rings. The lowest BCUT2D eigenvalue weighted by Crippen LogP contribution is -2.24. The number of hydrogen-bond donors (Lipinski definition) is 1. The molecule has 90 valence electrons. The zero-order chi connectivity index (χ0) is 12.3. The van der Waals surface area contributed by atoms with Crippen LogP contribution in [0.25, 0.3) is 0 Å². The maximum atomic E-state index is 13.0. The van der Waals surface area contributed by atoms with Gasteiger partial charge in [-0.3, -0.25) is 0 Å². The molecule has 0 saturated heterocycles. The quantitative estimate of drug-likeness (QED) is 0.839. The second-order valence-electron chi connectivity index (χ2n) is 4.60. The Hall–Kier alpha value is -0.960. The summed E-state index contributed by atoms with van der Waals surface area (Å²) in [5.41, 5.74) is 0.721. The summed E-state index contributed by atoms with van der Waals surface area (Å²) in [6, 6.07) is 3.90. The topological polar surface area (TPSA) is 20.2 Å². The van der Waals surface area contributed by atoms with Crippen LogP contribution in [0.3, 0.4) is 0 Å². The van der Waals surface area contributed by atoms with Crippen molar-refractivity contribution >= 4 is 0 Å². The van der Waals surface area contributed by atoms with Crippen LogP contribution >= 0.6 is 0 Å². The number of benzene rings is 1. The van der Waals surface area contributed by atoms with Gasteiger partial charge >= 0.3 is 0 Å². The van der Waals surface area contributed by atoms with Crippen LogP contribution in [0.5, 0.6) is 0 Å². The molecule has 0 aliphatic heterocycles. The number of aliphatic hydroxyl groups is 1. The number of rotatable bonds is 4. The summed E-state index contributed by atoms with van der Waals surface area (Å²) < 4.78 is 25.7. The maximum absolute atomic E-state index is 13.0. The van der Waals surface area contributed by atoms with Crippen LogP contribution in [0.1, 0.15) is 26.3 Å². The highest BCUT2D eigenvalue weighted by atomic mass is 19.2. The van der Waals surface area contributed by atoms with Gasteiger partial charge in [0.2, 0.25) is 0 Å². The first kappa shape index (κ1) is 13.1. The fourth-order valence-electron chi connectivity index (χ4n) is 1.90. The van der Waals surface area contributed by atoms with E-state index in [-0.39, 0.29) is 5.92 Å². The third kappa shape index (κ3) is 3.27. The molecule has 0 amide bonds. The Kier molecular flexibility index (Phi) is 4.42. The predicted molar refractivity (Wildman–Crippen MR) is 60.1 cm³/mol. The summed E-state index contributed by atoms with van der Waals surface area (Å²) >= 11 is 0. The molecule has 0 bridgehead atoms. The average Bonchev–Trinajstić information content (AvgIpc) is 2.18. The molecule has 0 aliphatic carbocycles. The summed E-state index contributed by atoms with van der Waals surface area (Å²) in [7, 11) is 0. The third-order valence-corrected chi connectivity index (χ3v) is 2.93. The minimum Gasteiger partial charge on any atom is -0.393 e. The first-order valence-corrected chi connectivity index (χ1v) is 5.53. The van der Waals surface area contributed by atoms with Gasteiger partial charge in [0.25, 0.3) is 0 Å². The van der Waals surface area contributed by atoms with Gasteiger partial charge in [-0.15, -0.1) is 0 Å². The minimum absolute atomic E-state index is 0.0601. The molecule has 1 nitrogen and oxygen atoms in total. The van der Waals surface area contributed by atoms with Gasteiger partial charge in [0.15, 0.2) is 11.6 Å². The first-order chi connectivity index (χ1) is 7.41. The number of hydrogen-bond acceptors (Lipinski definition) is 1. The Bertz CT molecular complexity index is 340. The van der Waals surface area contributed by atoms with Crippen molar-refractivity contribution in [3.8, 4) is 0 Å². The highest BCUT2D eigenvalue weighted by Crippen LogP contribution is 2.21. The number of halogens is 2. The highest BCUT2D eigenvalue weighted by Gasteiger charge is 2.19. The normalized spacial score (nSPS) is 15.2. The zero-order valence-electron chi connectivity index (χ0n) is 9.87. The van der Waals surface area contributed by atoms with Crippen LogP contribution in [-0.2, 0) is 6.42 Å². The van der Waals surface area contributed by atoms with Crippen molar-refractivity contribution in [2.24, 2.45) is 11.8 Å². The van der Waals surface area contributed by atoms with Crippen LogP contribution in [0, 0.1) is 23.5 Å². The average molecular weight is 228 g/mol. The van der Waals surface area contributed by atoms with Gasteiger partial charge in [-0.05, 0) is 42.9 Å². The Morgan fingerprint density at radius 2 is 1.75 bits per heavy atom. The molecule has 2 unspecified atom stereocenters. The minimum atomic E-state index is -0.832. The van der Waals surface area contributed by atoms with E-state index in [2.05, 4.69) is 0 Å². The summed E-state index contributed by atoms with van der Waals surface area (Å²) in [5.74, 6) is -1.30. The molecule has 1 aromatic rings. The van der Waals surface area contributed by atoms with E-state index in [0.717, 1.165) is 11.6 Å². The van der Waals surface area contributed by atoms with Crippen LogP contribution < -0.4 is 0 Å². The molecule has 1 rings (SSSR count). The zero-order valence-corrected chi connectivity index (χ0v) is 9.87. The molecular formula is C13H18F2O. The van der Waals surface area contributed by atoms with Gasteiger partial charge in [-0.1, -0.05) is 19.9 Å². The van der Waals surface area contributed by atoms with Crippen molar-refractivity contribution in [3.63, 3.8) is 0 Å². The molecule has 1 N–H and O–H groups in total. The van der Waals surface area contributed by atoms with Gasteiger partial charge in [0.1, 0.15) is 0 Å². The molecular weight excluding hydrogens is 210 g/mol. The van der Waals surface area contributed by atoms with E-state index in [4.69, 9.17) is 0 Å². The van der Waals surface area contributed by atoms with E-state index >= 15 is 0 Å². The largest absolute Gasteiger partial charge is 0.393 e. The van der Waals surface area contributed by atoms with E-state index in [0.29, 0.717) is 12.3 Å². The summed E-state index contributed by atoms with van der Waals surface area (Å²) in [5, 5.41) is 9.60. The molecule has 0 aliphatic rings. The molecule has 2 atom stereocenters. The van der Waals surface area contributed by atoms with Crippen molar-refractivity contribution in [1.82, 2.24) is 0 Å². The Morgan fingerprint density at radius 1 is 1.12 bits per heavy atom. The lowest BCUT2D eigenvalue weighted by Gasteiger charge is -2.23. The molecule has 1 aromatic carbocycles.